The maximum Gasteiger partial charge on any atom is 0.253 e. The highest BCUT2D eigenvalue weighted by Gasteiger charge is 2.23. The van der Waals surface area contributed by atoms with Crippen molar-refractivity contribution in [3.05, 3.63) is 64.7 Å². The second-order valence-electron chi connectivity index (χ2n) is 6.76. The Morgan fingerprint density at radius 2 is 1.89 bits per heavy atom. The number of likely N-dealkylation sites (tertiary alicyclic amines) is 1. The van der Waals surface area contributed by atoms with E-state index in [1.165, 1.54) is 16.9 Å². The van der Waals surface area contributed by atoms with E-state index in [0.717, 1.165) is 42.4 Å². The molecule has 3 nitrogen and oxygen atoms in total. The Labute approximate surface area is 177 Å². The lowest BCUT2D eigenvalue weighted by atomic mass is 9.97. The molecular formula is C21H26Cl2N2OS. The van der Waals surface area contributed by atoms with Crippen LogP contribution >= 0.6 is 35.8 Å². The first-order valence-electron chi connectivity index (χ1n) is 9.07. The SMILES string of the molecule is CNCC1CCCN(C(=O)c2ccc(CSc3ccc(Cl)cc3)cc2)C1.Cl. The number of hydrogen-bond donors (Lipinski definition) is 1. The molecular weight excluding hydrogens is 399 g/mol. The van der Waals surface area contributed by atoms with Crippen LogP contribution < -0.4 is 5.32 Å². The Hall–Kier alpha value is -1.20. The summed E-state index contributed by atoms with van der Waals surface area (Å²) in [6, 6.07) is 15.9. The van der Waals surface area contributed by atoms with Crippen LogP contribution in [0.15, 0.2) is 53.4 Å². The predicted octanol–water partition coefficient (Wildman–Crippen LogP) is 5.13. The van der Waals surface area contributed by atoms with E-state index in [9.17, 15) is 4.79 Å². The third kappa shape index (κ3) is 6.42. The number of halogens is 2. The van der Waals surface area contributed by atoms with Crippen LogP contribution in [0.3, 0.4) is 0 Å². The molecule has 1 unspecified atom stereocenters. The minimum absolute atomic E-state index is 0. The zero-order valence-electron chi connectivity index (χ0n) is 15.5. The summed E-state index contributed by atoms with van der Waals surface area (Å²) >= 11 is 7.69. The summed E-state index contributed by atoms with van der Waals surface area (Å²) in [5, 5.41) is 3.98. The number of piperidine rings is 1. The number of carbonyl (C=O) groups is 1. The molecule has 2 aromatic rings. The molecule has 1 aliphatic rings. The summed E-state index contributed by atoms with van der Waals surface area (Å²) in [4.78, 5) is 16.0. The molecule has 0 saturated carbocycles. The molecule has 1 aliphatic heterocycles. The highest BCUT2D eigenvalue weighted by Crippen LogP contribution is 2.25. The van der Waals surface area contributed by atoms with Gasteiger partial charge in [-0.2, -0.15) is 0 Å². The van der Waals surface area contributed by atoms with Gasteiger partial charge in [0.1, 0.15) is 0 Å². The van der Waals surface area contributed by atoms with E-state index in [2.05, 4.69) is 17.4 Å². The van der Waals surface area contributed by atoms with E-state index in [0.29, 0.717) is 5.92 Å². The van der Waals surface area contributed by atoms with Gasteiger partial charge in [-0.3, -0.25) is 4.79 Å². The molecule has 1 heterocycles. The second-order valence-corrected chi connectivity index (χ2v) is 8.24. The van der Waals surface area contributed by atoms with Gasteiger partial charge in [-0.1, -0.05) is 23.7 Å². The van der Waals surface area contributed by atoms with Crippen molar-refractivity contribution in [2.45, 2.75) is 23.5 Å². The Morgan fingerprint density at radius 1 is 1.19 bits per heavy atom. The number of amides is 1. The number of thioether (sulfide) groups is 1. The van der Waals surface area contributed by atoms with E-state index >= 15 is 0 Å². The fourth-order valence-electron chi connectivity index (χ4n) is 3.33. The quantitative estimate of drug-likeness (QED) is 0.652. The summed E-state index contributed by atoms with van der Waals surface area (Å²) in [6.07, 6.45) is 2.29. The number of benzene rings is 2. The second kappa shape index (κ2) is 11.0. The topological polar surface area (TPSA) is 32.3 Å². The fraction of sp³-hybridized carbons (Fsp3) is 0.381. The van der Waals surface area contributed by atoms with Gasteiger partial charge in [0.2, 0.25) is 0 Å². The van der Waals surface area contributed by atoms with Crippen molar-refractivity contribution in [3.8, 4) is 0 Å². The molecule has 0 aromatic heterocycles. The summed E-state index contributed by atoms with van der Waals surface area (Å²) in [6.45, 7) is 2.70. The molecule has 6 heteroatoms. The van der Waals surface area contributed by atoms with Crippen molar-refractivity contribution in [3.63, 3.8) is 0 Å². The van der Waals surface area contributed by atoms with Crippen LogP contribution in [0.2, 0.25) is 5.02 Å². The Bertz CT molecular complexity index is 720. The van der Waals surface area contributed by atoms with Gasteiger partial charge in [-0.25, -0.2) is 0 Å². The van der Waals surface area contributed by atoms with Crippen molar-refractivity contribution in [2.24, 2.45) is 5.92 Å². The minimum atomic E-state index is 0. The lowest BCUT2D eigenvalue weighted by Gasteiger charge is -2.32. The van der Waals surface area contributed by atoms with Gasteiger partial charge in [0.05, 0.1) is 0 Å². The number of hydrogen-bond acceptors (Lipinski definition) is 3. The van der Waals surface area contributed by atoms with Gasteiger partial charge in [0.15, 0.2) is 0 Å². The van der Waals surface area contributed by atoms with E-state index in [1.54, 1.807) is 11.8 Å². The lowest BCUT2D eigenvalue weighted by molar-refractivity contribution is 0.0674. The van der Waals surface area contributed by atoms with Crippen LogP contribution in [-0.2, 0) is 5.75 Å². The van der Waals surface area contributed by atoms with Gasteiger partial charge in [-0.05, 0) is 74.3 Å². The minimum Gasteiger partial charge on any atom is -0.338 e. The van der Waals surface area contributed by atoms with E-state index in [1.807, 2.05) is 48.3 Å². The normalized spacial score (nSPS) is 16.7. The molecule has 2 aromatic carbocycles. The lowest BCUT2D eigenvalue weighted by Crippen LogP contribution is -2.42. The van der Waals surface area contributed by atoms with Gasteiger partial charge in [-0.15, -0.1) is 24.2 Å². The van der Waals surface area contributed by atoms with Gasteiger partial charge in [0, 0.05) is 34.3 Å². The summed E-state index contributed by atoms with van der Waals surface area (Å²) in [7, 11) is 1.97. The van der Waals surface area contributed by atoms with Gasteiger partial charge < -0.3 is 10.2 Å². The smallest absolute Gasteiger partial charge is 0.253 e. The van der Waals surface area contributed by atoms with Crippen LogP contribution in [0, 0.1) is 5.92 Å². The molecule has 1 fully saturated rings. The van der Waals surface area contributed by atoms with Crippen LogP contribution in [0.25, 0.3) is 0 Å². The largest absolute Gasteiger partial charge is 0.338 e. The average molecular weight is 425 g/mol. The number of nitrogens with one attached hydrogen (secondary N) is 1. The maximum absolute atomic E-state index is 12.8. The summed E-state index contributed by atoms with van der Waals surface area (Å²) < 4.78 is 0. The maximum atomic E-state index is 12.8. The Kier molecular flexibility index (Phi) is 8.97. The Morgan fingerprint density at radius 3 is 2.56 bits per heavy atom. The number of nitrogens with zero attached hydrogens (tertiary/aromatic N) is 1. The van der Waals surface area contributed by atoms with Gasteiger partial charge in [0.25, 0.3) is 5.91 Å². The van der Waals surface area contributed by atoms with Crippen LogP contribution in [0.5, 0.6) is 0 Å². The van der Waals surface area contributed by atoms with Gasteiger partial charge >= 0.3 is 0 Å². The molecule has 1 saturated heterocycles. The zero-order chi connectivity index (χ0) is 18.4. The summed E-state index contributed by atoms with van der Waals surface area (Å²) in [5.41, 5.74) is 2.00. The molecule has 0 spiro atoms. The van der Waals surface area contributed by atoms with E-state index < -0.39 is 0 Å². The molecule has 27 heavy (non-hydrogen) atoms. The first kappa shape index (κ1) is 22.1. The Balaban J connectivity index is 0.00000261. The standard InChI is InChI=1S/C21H25ClN2OS.ClH/c1-23-13-17-3-2-12-24(14-17)21(25)18-6-4-16(5-7-18)15-26-20-10-8-19(22)9-11-20;/h4-11,17,23H,2-3,12-15H2,1H3;1H. The third-order valence-electron chi connectivity index (χ3n) is 4.72. The first-order valence-corrected chi connectivity index (χ1v) is 10.4. The summed E-state index contributed by atoms with van der Waals surface area (Å²) in [5.74, 6) is 1.60. The van der Waals surface area contributed by atoms with Crippen LogP contribution in [0.1, 0.15) is 28.8 Å². The van der Waals surface area contributed by atoms with E-state index in [4.69, 9.17) is 11.6 Å². The van der Waals surface area contributed by atoms with Crippen molar-refractivity contribution >= 4 is 41.7 Å². The third-order valence-corrected chi connectivity index (χ3v) is 6.05. The molecule has 1 N–H and O–H groups in total. The van der Waals surface area contributed by atoms with Crippen LogP contribution in [0.4, 0.5) is 0 Å². The highest BCUT2D eigenvalue weighted by molar-refractivity contribution is 7.98. The van der Waals surface area contributed by atoms with E-state index in [-0.39, 0.29) is 18.3 Å². The number of rotatable bonds is 6. The van der Waals surface area contributed by atoms with Crippen molar-refractivity contribution < 1.29 is 4.79 Å². The molecule has 0 aliphatic carbocycles. The molecule has 146 valence electrons. The van der Waals surface area contributed by atoms with Crippen molar-refractivity contribution in [1.29, 1.82) is 0 Å². The van der Waals surface area contributed by atoms with Crippen molar-refractivity contribution in [1.82, 2.24) is 10.2 Å². The fourth-order valence-corrected chi connectivity index (χ4v) is 4.31. The molecule has 0 bridgehead atoms. The van der Waals surface area contributed by atoms with Crippen LogP contribution in [-0.4, -0.2) is 37.5 Å². The first-order chi connectivity index (χ1) is 12.7. The monoisotopic (exact) mass is 424 g/mol. The van der Waals surface area contributed by atoms with Crippen molar-refractivity contribution in [2.75, 3.05) is 26.7 Å². The molecule has 1 atom stereocenters. The number of carbonyl (C=O) groups excluding carboxylic acids is 1. The zero-order valence-corrected chi connectivity index (χ0v) is 17.9. The highest BCUT2D eigenvalue weighted by atomic mass is 35.5. The average Bonchev–Trinajstić information content (AvgIpc) is 2.68. The predicted molar refractivity (Wildman–Crippen MR) is 117 cm³/mol. The molecule has 3 rings (SSSR count). The molecule has 0 radical (unpaired) electrons. The molecule has 1 amide bonds.